The van der Waals surface area contributed by atoms with Gasteiger partial charge in [-0.15, -0.1) is 0 Å². The van der Waals surface area contributed by atoms with Crippen LogP contribution in [0, 0.1) is 5.82 Å². The fourth-order valence-corrected chi connectivity index (χ4v) is 5.10. The number of sulfone groups is 2. The maximum atomic E-state index is 13.5. The maximum absolute atomic E-state index is 13.5. The van der Waals surface area contributed by atoms with Crippen LogP contribution in [0.15, 0.2) is 23.1 Å². The van der Waals surface area contributed by atoms with E-state index in [0.717, 1.165) is 12.1 Å². The Morgan fingerprint density at radius 2 is 1.74 bits per heavy atom. The van der Waals surface area contributed by atoms with Gasteiger partial charge >= 0.3 is 0 Å². The van der Waals surface area contributed by atoms with Gasteiger partial charge < -0.3 is 5.73 Å². The van der Waals surface area contributed by atoms with E-state index in [-0.39, 0.29) is 11.4 Å². The molecule has 0 amide bonds. The summed E-state index contributed by atoms with van der Waals surface area (Å²) in [5.74, 6) is -2.18. The first-order valence-electron chi connectivity index (χ1n) is 5.66. The van der Waals surface area contributed by atoms with Crippen molar-refractivity contribution in [3.63, 3.8) is 0 Å². The summed E-state index contributed by atoms with van der Waals surface area (Å²) in [5.41, 5.74) is 5.43. The van der Waals surface area contributed by atoms with Gasteiger partial charge in [-0.3, -0.25) is 0 Å². The van der Waals surface area contributed by atoms with E-state index in [4.69, 9.17) is 5.73 Å². The molecule has 1 aromatic carbocycles. The molecule has 0 heterocycles. The zero-order valence-corrected chi connectivity index (χ0v) is 12.1. The second-order valence-electron chi connectivity index (χ2n) is 4.16. The molecule has 1 aromatic rings. The monoisotopic (exact) mass is 309 g/mol. The van der Waals surface area contributed by atoms with E-state index < -0.39 is 41.9 Å². The van der Waals surface area contributed by atoms with Crippen molar-refractivity contribution in [1.82, 2.24) is 0 Å². The Bertz CT molecular complexity index is 653. The second kappa shape index (κ2) is 5.87. The van der Waals surface area contributed by atoms with E-state index in [2.05, 4.69) is 0 Å². The predicted octanol–water partition coefficient (Wildman–Crippen LogP) is 1.01. The van der Waals surface area contributed by atoms with Crippen molar-refractivity contribution in [3.05, 3.63) is 24.0 Å². The van der Waals surface area contributed by atoms with E-state index in [1.165, 1.54) is 6.07 Å². The zero-order valence-electron chi connectivity index (χ0n) is 10.5. The smallest absolute Gasteiger partial charge is 0.182 e. The first-order chi connectivity index (χ1) is 8.68. The van der Waals surface area contributed by atoms with Gasteiger partial charge in [0.05, 0.1) is 11.5 Å². The molecule has 0 spiro atoms. The molecule has 0 aliphatic carbocycles. The Morgan fingerprint density at radius 1 is 1.11 bits per heavy atom. The van der Waals surface area contributed by atoms with Gasteiger partial charge in [0.15, 0.2) is 19.7 Å². The normalized spacial score (nSPS) is 12.5. The van der Waals surface area contributed by atoms with Gasteiger partial charge in [0.2, 0.25) is 0 Å². The number of hydrogen-bond acceptors (Lipinski definition) is 5. The average Bonchev–Trinajstić information content (AvgIpc) is 2.26. The Balaban J connectivity index is 2.94. The molecule has 0 bridgehead atoms. The first kappa shape index (κ1) is 15.9. The molecule has 8 heteroatoms. The summed E-state index contributed by atoms with van der Waals surface area (Å²) in [6.07, 6.45) is 0.415. The lowest BCUT2D eigenvalue weighted by molar-refractivity contribution is 0.566. The third-order valence-corrected chi connectivity index (χ3v) is 6.33. The average molecular weight is 309 g/mol. The summed E-state index contributed by atoms with van der Waals surface area (Å²) in [6, 6.07) is 3.20. The maximum Gasteiger partial charge on any atom is 0.182 e. The van der Waals surface area contributed by atoms with E-state index in [9.17, 15) is 21.2 Å². The minimum atomic E-state index is -3.97. The molecule has 0 aliphatic rings. The van der Waals surface area contributed by atoms with Gasteiger partial charge in [0, 0.05) is 11.4 Å². The van der Waals surface area contributed by atoms with Gasteiger partial charge in [-0.2, -0.15) is 0 Å². The summed E-state index contributed by atoms with van der Waals surface area (Å²) < 4.78 is 60.2. The number of rotatable bonds is 6. The molecule has 1 rings (SSSR count). The number of anilines is 1. The van der Waals surface area contributed by atoms with Crippen LogP contribution >= 0.6 is 0 Å². The molecule has 5 nitrogen and oxygen atoms in total. The minimum absolute atomic E-state index is 0.0766. The fourth-order valence-electron chi connectivity index (χ4n) is 1.53. The highest BCUT2D eigenvalue weighted by atomic mass is 32.2. The van der Waals surface area contributed by atoms with Crippen LogP contribution in [0.25, 0.3) is 0 Å². The summed E-state index contributed by atoms with van der Waals surface area (Å²) in [7, 11) is -7.39. The lowest BCUT2D eigenvalue weighted by atomic mass is 10.3. The molecular formula is C11H16FNO4S2. The van der Waals surface area contributed by atoms with Crippen LogP contribution in [0.2, 0.25) is 0 Å². The van der Waals surface area contributed by atoms with Crippen LogP contribution < -0.4 is 5.73 Å². The lowest BCUT2D eigenvalue weighted by Crippen LogP contribution is -2.20. The predicted molar refractivity (Wildman–Crippen MR) is 71.8 cm³/mol. The molecule has 0 saturated heterocycles. The lowest BCUT2D eigenvalue weighted by Gasteiger charge is -2.07. The van der Waals surface area contributed by atoms with Gasteiger partial charge in [0.25, 0.3) is 0 Å². The van der Waals surface area contributed by atoms with Crippen molar-refractivity contribution in [1.29, 1.82) is 0 Å². The first-order valence-corrected chi connectivity index (χ1v) is 9.13. The van der Waals surface area contributed by atoms with Crippen molar-refractivity contribution in [2.24, 2.45) is 0 Å². The molecule has 2 N–H and O–H groups in total. The molecule has 0 atom stereocenters. The summed E-state index contributed by atoms with van der Waals surface area (Å²) >= 11 is 0. The van der Waals surface area contributed by atoms with Crippen molar-refractivity contribution in [3.8, 4) is 0 Å². The highest BCUT2D eigenvalue weighted by molar-refractivity contribution is 7.95. The van der Waals surface area contributed by atoms with E-state index >= 15 is 0 Å². The quantitative estimate of drug-likeness (QED) is 0.791. The van der Waals surface area contributed by atoms with Gasteiger partial charge in [-0.25, -0.2) is 21.2 Å². The number of nitrogens with two attached hydrogens (primary N) is 1. The Hall–Kier alpha value is -1.15. The third-order valence-electron chi connectivity index (χ3n) is 2.47. The number of benzene rings is 1. The van der Waals surface area contributed by atoms with Crippen molar-refractivity contribution < 1.29 is 21.2 Å². The molecule has 0 unspecified atom stereocenters. The summed E-state index contributed by atoms with van der Waals surface area (Å²) in [5, 5.41) is 0. The van der Waals surface area contributed by atoms with Crippen LogP contribution in [0.4, 0.5) is 10.1 Å². The zero-order chi connectivity index (χ0) is 14.7. The molecule has 108 valence electrons. The highest BCUT2D eigenvalue weighted by Crippen LogP contribution is 2.18. The number of nitrogen functional groups attached to an aromatic ring is 1. The van der Waals surface area contributed by atoms with E-state index in [1.54, 1.807) is 6.92 Å². The van der Waals surface area contributed by atoms with Crippen molar-refractivity contribution in [2.45, 2.75) is 18.2 Å². The van der Waals surface area contributed by atoms with Gasteiger partial charge in [-0.05, 0) is 24.6 Å². The molecule has 0 aromatic heterocycles. The highest BCUT2D eigenvalue weighted by Gasteiger charge is 2.22. The van der Waals surface area contributed by atoms with Crippen LogP contribution in [0.5, 0.6) is 0 Å². The van der Waals surface area contributed by atoms with Crippen molar-refractivity contribution in [2.75, 3.05) is 23.0 Å². The molecular weight excluding hydrogens is 293 g/mol. The van der Waals surface area contributed by atoms with Crippen LogP contribution in [-0.4, -0.2) is 34.1 Å². The van der Waals surface area contributed by atoms with Crippen molar-refractivity contribution >= 4 is 25.4 Å². The van der Waals surface area contributed by atoms with Crippen LogP contribution in [0.1, 0.15) is 13.3 Å². The Kier molecular flexibility index (Phi) is 4.92. The molecule has 0 fully saturated rings. The standard InChI is InChI=1S/C11H16FNO4S2/c1-2-5-18(14,15)6-7-19(16,17)11-4-3-9(13)8-10(11)12/h3-4,8H,2,5-7,13H2,1H3. The third kappa shape index (κ3) is 4.46. The Morgan fingerprint density at radius 3 is 2.26 bits per heavy atom. The SMILES string of the molecule is CCCS(=O)(=O)CCS(=O)(=O)c1ccc(N)cc1F. The van der Waals surface area contributed by atoms with Crippen LogP contribution in [-0.2, 0) is 19.7 Å². The van der Waals surface area contributed by atoms with Gasteiger partial charge in [-0.1, -0.05) is 6.92 Å². The molecule has 0 aliphatic heterocycles. The van der Waals surface area contributed by atoms with Gasteiger partial charge in [0.1, 0.15) is 10.7 Å². The topological polar surface area (TPSA) is 94.3 Å². The fraction of sp³-hybridized carbons (Fsp3) is 0.455. The summed E-state index contributed by atoms with van der Waals surface area (Å²) in [6.45, 7) is 1.69. The Labute approximate surface area is 112 Å². The second-order valence-corrected chi connectivity index (χ2v) is 8.54. The van der Waals surface area contributed by atoms with E-state index in [0.29, 0.717) is 6.42 Å². The molecule has 19 heavy (non-hydrogen) atoms. The van der Waals surface area contributed by atoms with Crippen LogP contribution in [0.3, 0.4) is 0 Å². The number of hydrogen-bond donors (Lipinski definition) is 1. The largest absolute Gasteiger partial charge is 0.399 e. The van der Waals surface area contributed by atoms with E-state index in [1.807, 2.05) is 0 Å². The molecule has 0 radical (unpaired) electrons. The number of halogens is 1. The molecule has 0 saturated carbocycles. The minimum Gasteiger partial charge on any atom is -0.399 e. The summed E-state index contributed by atoms with van der Waals surface area (Å²) in [4.78, 5) is -0.520.